The normalized spacial score (nSPS) is 16.7. The van der Waals surface area contributed by atoms with E-state index in [1.807, 2.05) is 30.3 Å². The van der Waals surface area contributed by atoms with Crippen molar-refractivity contribution in [2.45, 2.75) is 32.4 Å². The number of amides is 1. The van der Waals surface area contributed by atoms with E-state index in [0.29, 0.717) is 30.0 Å². The maximum atomic E-state index is 12.9. The number of hydrogen-bond acceptors (Lipinski definition) is 6. The van der Waals surface area contributed by atoms with Gasteiger partial charge >= 0.3 is 5.97 Å². The fourth-order valence-corrected chi connectivity index (χ4v) is 2.93. The second-order valence-corrected chi connectivity index (χ2v) is 5.85. The molecule has 1 aliphatic rings. The van der Waals surface area contributed by atoms with Crippen molar-refractivity contribution in [3.63, 3.8) is 0 Å². The molecule has 1 amide bonds. The Bertz CT molecular complexity index is 756. The first kappa shape index (κ1) is 17.0. The monoisotopic (exact) mass is 344 g/mol. The summed E-state index contributed by atoms with van der Waals surface area (Å²) in [5, 5.41) is 3.89. The zero-order chi connectivity index (χ0) is 17.8. The molecule has 0 saturated carbocycles. The molecule has 25 heavy (non-hydrogen) atoms. The zero-order valence-corrected chi connectivity index (χ0v) is 14.2. The van der Waals surface area contributed by atoms with E-state index in [0.717, 1.165) is 6.42 Å². The Kier molecular flexibility index (Phi) is 5.02. The number of ether oxygens (including phenoxy) is 2. The SMILES string of the molecule is COC(=O)C1CCCN1C(=O)c1noc(C)c1COc1ccccc1. The van der Waals surface area contributed by atoms with E-state index in [2.05, 4.69) is 5.16 Å². The smallest absolute Gasteiger partial charge is 0.328 e. The molecule has 0 N–H and O–H groups in total. The molecule has 3 rings (SSSR count). The Labute approximate surface area is 145 Å². The van der Waals surface area contributed by atoms with Gasteiger partial charge in [0.25, 0.3) is 5.91 Å². The second kappa shape index (κ2) is 7.38. The van der Waals surface area contributed by atoms with Crippen LogP contribution in [0, 0.1) is 6.92 Å². The summed E-state index contributed by atoms with van der Waals surface area (Å²) in [6.07, 6.45) is 1.34. The number of aryl methyl sites for hydroxylation is 1. The Morgan fingerprint density at radius 2 is 2.08 bits per heavy atom. The van der Waals surface area contributed by atoms with Crippen molar-refractivity contribution in [1.82, 2.24) is 10.1 Å². The number of aromatic nitrogens is 1. The second-order valence-electron chi connectivity index (χ2n) is 5.85. The van der Waals surface area contributed by atoms with Gasteiger partial charge in [0.2, 0.25) is 0 Å². The average Bonchev–Trinajstić information content (AvgIpc) is 3.26. The van der Waals surface area contributed by atoms with Crippen molar-refractivity contribution in [3.8, 4) is 5.75 Å². The molecule has 0 spiro atoms. The first-order chi connectivity index (χ1) is 12.1. The summed E-state index contributed by atoms with van der Waals surface area (Å²) >= 11 is 0. The Balaban J connectivity index is 1.78. The molecule has 7 nitrogen and oxygen atoms in total. The lowest BCUT2D eigenvalue weighted by Crippen LogP contribution is -2.41. The largest absolute Gasteiger partial charge is 0.489 e. The molecule has 0 radical (unpaired) electrons. The van der Waals surface area contributed by atoms with Crippen molar-refractivity contribution < 1.29 is 23.6 Å². The van der Waals surface area contributed by atoms with E-state index in [9.17, 15) is 9.59 Å². The predicted molar refractivity (Wildman–Crippen MR) is 88.1 cm³/mol. The van der Waals surface area contributed by atoms with Crippen LogP contribution in [0.25, 0.3) is 0 Å². The van der Waals surface area contributed by atoms with Crippen molar-refractivity contribution in [2.75, 3.05) is 13.7 Å². The van der Waals surface area contributed by atoms with E-state index in [4.69, 9.17) is 14.0 Å². The van der Waals surface area contributed by atoms with Gasteiger partial charge in [-0.3, -0.25) is 4.79 Å². The molecule has 2 aromatic rings. The van der Waals surface area contributed by atoms with Gasteiger partial charge in [0, 0.05) is 6.54 Å². The van der Waals surface area contributed by atoms with Crippen LogP contribution >= 0.6 is 0 Å². The van der Waals surface area contributed by atoms with Crippen LogP contribution in [0.3, 0.4) is 0 Å². The number of esters is 1. The fraction of sp³-hybridized carbons (Fsp3) is 0.389. The van der Waals surface area contributed by atoms with E-state index in [1.54, 1.807) is 6.92 Å². The number of methoxy groups -OCH3 is 1. The number of hydrogen-bond donors (Lipinski definition) is 0. The number of carbonyl (C=O) groups excluding carboxylic acids is 2. The third-order valence-corrected chi connectivity index (χ3v) is 4.30. The molecule has 1 aromatic carbocycles. The summed E-state index contributed by atoms with van der Waals surface area (Å²) in [7, 11) is 1.32. The number of carbonyl (C=O) groups is 2. The van der Waals surface area contributed by atoms with Crippen LogP contribution in [0.5, 0.6) is 5.75 Å². The molecule has 0 bridgehead atoms. The van der Waals surface area contributed by atoms with Gasteiger partial charge in [0.05, 0.1) is 12.7 Å². The maximum Gasteiger partial charge on any atom is 0.328 e. The van der Waals surface area contributed by atoms with Crippen LogP contribution in [0.1, 0.15) is 34.7 Å². The Hall–Kier alpha value is -2.83. The number of benzene rings is 1. The number of nitrogens with zero attached hydrogens (tertiary/aromatic N) is 2. The van der Waals surface area contributed by atoms with Gasteiger partial charge in [-0.05, 0) is 31.9 Å². The van der Waals surface area contributed by atoms with E-state index >= 15 is 0 Å². The quantitative estimate of drug-likeness (QED) is 0.775. The zero-order valence-electron chi connectivity index (χ0n) is 14.2. The van der Waals surface area contributed by atoms with Crippen LogP contribution in [0.15, 0.2) is 34.9 Å². The molecule has 1 unspecified atom stereocenters. The highest BCUT2D eigenvalue weighted by Crippen LogP contribution is 2.24. The summed E-state index contributed by atoms with van der Waals surface area (Å²) in [5.41, 5.74) is 0.772. The first-order valence-corrected chi connectivity index (χ1v) is 8.13. The van der Waals surface area contributed by atoms with Gasteiger partial charge in [-0.25, -0.2) is 4.79 Å². The minimum Gasteiger partial charge on any atom is -0.489 e. The summed E-state index contributed by atoms with van der Waals surface area (Å²) < 4.78 is 15.7. The Morgan fingerprint density at radius 1 is 1.32 bits per heavy atom. The number of para-hydroxylation sites is 1. The molecule has 132 valence electrons. The maximum absolute atomic E-state index is 12.9. The van der Waals surface area contributed by atoms with Gasteiger partial charge in [0.15, 0.2) is 5.69 Å². The molecule has 1 saturated heterocycles. The third kappa shape index (κ3) is 3.50. The summed E-state index contributed by atoms with van der Waals surface area (Å²) in [6, 6.07) is 8.72. The molecule has 1 atom stereocenters. The van der Waals surface area contributed by atoms with E-state index in [1.165, 1.54) is 12.0 Å². The van der Waals surface area contributed by atoms with Crippen molar-refractivity contribution in [2.24, 2.45) is 0 Å². The average molecular weight is 344 g/mol. The number of rotatable bonds is 5. The third-order valence-electron chi connectivity index (χ3n) is 4.30. The van der Waals surface area contributed by atoms with E-state index in [-0.39, 0.29) is 18.2 Å². The lowest BCUT2D eigenvalue weighted by Gasteiger charge is -2.21. The van der Waals surface area contributed by atoms with Crippen LogP contribution < -0.4 is 4.74 Å². The molecule has 1 fully saturated rings. The highest BCUT2D eigenvalue weighted by Gasteiger charge is 2.37. The lowest BCUT2D eigenvalue weighted by molar-refractivity contribution is -0.145. The van der Waals surface area contributed by atoms with Crippen molar-refractivity contribution in [3.05, 3.63) is 47.3 Å². The molecule has 1 aromatic heterocycles. The highest BCUT2D eigenvalue weighted by molar-refractivity contribution is 5.96. The van der Waals surface area contributed by atoms with E-state index < -0.39 is 12.0 Å². The van der Waals surface area contributed by atoms with Crippen LogP contribution in [-0.2, 0) is 16.1 Å². The summed E-state index contributed by atoms with van der Waals surface area (Å²) in [4.78, 5) is 26.2. The van der Waals surface area contributed by atoms with Gasteiger partial charge in [0.1, 0.15) is 24.2 Å². The van der Waals surface area contributed by atoms with Crippen molar-refractivity contribution >= 4 is 11.9 Å². The first-order valence-electron chi connectivity index (χ1n) is 8.13. The lowest BCUT2D eigenvalue weighted by atomic mass is 10.1. The minimum atomic E-state index is -0.572. The molecular formula is C18H20N2O5. The molecule has 0 aliphatic carbocycles. The molecule has 7 heteroatoms. The summed E-state index contributed by atoms with van der Waals surface area (Å²) in [6.45, 7) is 2.38. The standard InChI is InChI=1S/C18H20N2O5/c1-12-14(11-24-13-7-4-3-5-8-13)16(19-25-12)17(21)20-10-6-9-15(20)18(22)23-2/h3-5,7-8,15H,6,9-11H2,1-2H3. The molecular weight excluding hydrogens is 324 g/mol. The minimum absolute atomic E-state index is 0.164. The molecule has 2 heterocycles. The predicted octanol–water partition coefficient (Wildman–Crippen LogP) is 2.34. The van der Waals surface area contributed by atoms with Crippen molar-refractivity contribution in [1.29, 1.82) is 0 Å². The van der Waals surface area contributed by atoms with Gasteiger partial charge < -0.3 is 18.9 Å². The van der Waals surface area contributed by atoms with Crippen LogP contribution in [0.4, 0.5) is 0 Å². The fourth-order valence-electron chi connectivity index (χ4n) is 2.93. The van der Waals surface area contributed by atoms with Crippen LogP contribution in [-0.4, -0.2) is 41.6 Å². The topological polar surface area (TPSA) is 81.9 Å². The van der Waals surface area contributed by atoms with Crippen LogP contribution in [0.2, 0.25) is 0 Å². The highest BCUT2D eigenvalue weighted by atomic mass is 16.5. The van der Waals surface area contributed by atoms with Gasteiger partial charge in [-0.1, -0.05) is 23.4 Å². The Morgan fingerprint density at radius 3 is 2.80 bits per heavy atom. The molecule has 1 aliphatic heterocycles. The van der Waals surface area contributed by atoms with Gasteiger partial charge in [-0.2, -0.15) is 0 Å². The summed E-state index contributed by atoms with van der Waals surface area (Å²) in [5.74, 6) is 0.466. The van der Waals surface area contributed by atoms with Gasteiger partial charge in [-0.15, -0.1) is 0 Å². The number of likely N-dealkylation sites (tertiary alicyclic amines) is 1.